The van der Waals surface area contributed by atoms with Crippen LogP contribution in [-0.2, 0) is 9.47 Å². The zero-order valence-electron chi connectivity index (χ0n) is 15.6. The van der Waals surface area contributed by atoms with E-state index in [1.54, 1.807) is 0 Å². The summed E-state index contributed by atoms with van der Waals surface area (Å²) in [4.78, 5) is 11.2. The summed E-state index contributed by atoms with van der Waals surface area (Å²) in [6.07, 6.45) is -0.632. The zero-order valence-corrected chi connectivity index (χ0v) is 15.6. The van der Waals surface area contributed by atoms with Crippen LogP contribution in [0.1, 0.15) is 37.4 Å². The number of nitrogens with zero attached hydrogens (tertiary/aromatic N) is 2. The minimum Gasteiger partial charge on any atom is -0.335 e. The maximum atomic E-state index is 11.4. The first-order valence-corrected chi connectivity index (χ1v) is 9.15. The summed E-state index contributed by atoms with van der Waals surface area (Å²) in [5.41, 5.74) is 2.64. The topological polar surface area (TPSA) is 66.5 Å². The summed E-state index contributed by atoms with van der Waals surface area (Å²) in [6, 6.07) is 19.4. The van der Waals surface area contributed by atoms with Crippen LogP contribution in [-0.4, -0.2) is 29.2 Å². The molecule has 6 heteroatoms. The van der Waals surface area contributed by atoms with Gasteiger partial charge >= 0.3 is 0 Å². The van der Waals surface area contributed by atoms with Crippen molar-refractivity contribution in [3.63, 3.8) is 0 Å². The highest BCUT2D eigenvalue weighted by atomic mass is 16.7. The van der Waals surface area contributed by atoms with Crippen molar-refractivity contribution in [1.82, 2.24) is 4.57 Å². The van der Waals surface area contributed by atoms with Crippen LogP contribution >= 0.6 is 0 Å². The SMILES string of the molecule is CCOC(OCC)n1c(C(C[N+](=O)[O-])c2ccccc2)cc2ccccc21. The van der Waals surface area contributed by atoms with Crippen LogP contribution in [0.5, 0.6) is 0 Å². The van der Waals surface area contributed by atoms with Crippen molar-refractivity contribution in [2.75, 3.05) is 19.8 Å². The minimum absolute atomic E-state index is 0.203. The molecular formula is C21H24N2O4. The Morgan fingerprint density at radius 3 is 2.26 bits per heavy atom. The Bertz CT molecular complexity index is 886. The molecule has 3 rings (SSSR count). The van der Waals surface area contributed by atoms with Gasteiger partial charge in [0.1, 0.15) is 0 Å². The van der Waals surface area contributed by atoms with Gasteiger partial charge in [-0.3, -0.25) is 14.7 Å². The molecule has 1 atom stereocenters. The van der Waals surface area contributed by atoms with E-state index in [2.05, 4.69) is 0 Å². The number of aromatic nitrogens is 1. The van der Waals surface area contributed by atoms with Crippen molar-refractivity contribution in [3.8, 4) is 0 Å². The van der Waals surface area contributed by atoms with Crippen LogP contribution in [0.25, 0.3) is 10.9 Å². The second-order valence-electron chi connectivity index (χ2n) is 6.19. The monoisotopic (exact) mass is 368 g/mol. The number of para-hydroxylation sites is 1. The summed E-state index contributed by atoms with van der Waals surface area (Å²) < 4.78 is 13.6. The quantitative estimate of drug-likeness (QED) is 0.315. The van der Waals surface area contributed by atoms with Crippen LogP contribution in [0.15, 0.2) is 60.7 Å². The molecule has 1 aromatic heterocycles. The third kappa shape index (κ3) is 4.18. The largest absolute Gasteiger partial charge is 0.335 e. The van der Waals surface area contributed by atoms with Gasteiger partial charge in [-0.05, 0) is 31.5 Å². The predicted molar refractivity (Wildman–Crippen MR) is 104 cm³/mol. The summed E-state index contributed by atoms with van der Waals surface area (Å²) >= 11 is 0. The van der Waals surface area contributed by atoms with Crippen molar-refractivity contribution < 1.29 is 14.4 Å². The lowest BCUT2D eigenvalue weighted by molar-refractivity contribution is -0.482. The van der Waals surface area contributed by atoms with Gasteiger partial charge in [0.05, 0.1) is 11.4 Å². The smallest absolute Gasteiger partial charge is 0.244 e. The second-order valence-corrected chi connectivity index (χ2v) is 6.19. The van der Waals surface area contributed by atoms with Crippen LogP contribution in [0.4, 0.5) is 0 Å². The fourth-order valence-corrected chi connectivity index (χ4v) is 3.39. The Balaban J connectivity index is 2.21. The molecule has 0 fully saturated rings. The number of hydrogen-bond donors (Lipinski definition) is 0. The Morgan fingerprint density at radius 2 is 1.63 bits per heavy atom. The lowest BCUT2D eigenvalue weighted by atomic mass is 9.95. The molecule has 0 saturated carbocycles. The molecule has 27 heavy (non-hydrogen) atoms. The van der Waals surface area contributed by atoms with Gasteiger partial charge in [0.25, 0.3) is 0 Å². The van der Waals surface area contributed by atoms with E-state index in [1.165, 1.54) is 0 Å². The van der Waals surface area contributed by atoms with E-state index >= 15 is 0 Å². The average Bonchev–Trinajstić information content (AvgIpc) is 3.05. The first kappa shape index (κ1) is 19.1. The van der Waals surface area contributed by atoms with Crippen LogP contribution in [0.3, 0.4) is 0 Å². The number of hydrogen-bond acceptors (Lipinski definition) is 4. The Labute approximate surface area is 158 Å². The van der Waals surface area contributed by atoms with E-state index in [0.29, 0.717) is 13.2 Å². The molecule has 142 valence electrons. The van der Waals surface area contributed by atoms with Crippen molar-refractivity contribution in [2.24, 2.45) is 0 Å². The molecule has 0 bridgehead atoms. The molecule has 0 amide bonds. The maximum absolute atomic E-state index is 11.4. The first-order chi connectivity index (χ1) is 13.2. The van der Waals surface area contributed by atoms with Gasteiger partial charge in [0.15, 0.2) is 0 Å². The van der Waals surface area contributed by atoms with E-state index in [1.807, 2.05) is 79.1 Å². The summed E-state index contributed by atoms with van der Waals surface area (Å²) in [7, 11) is 0. The molecular weight excluding hydrogens is 344 g/mol. The number of rotatable bonds is 9. The molecule has 0 spiro atoms. The van der Waals surface area contributed by atoms with E-state index in [9.17, 15) is 10.1 Å². The predicted octanol–water partition coefficient (Wildman–Crippen LogP) is 4.58. The molecule has 2 aromatic carbocycles. The normalized spacial score (nSPS) is 12.6. The molecule has 1 heterocycles. The molecule has 3 aromatic rings. The third-order valence-electron chi connectivity index (χ3n) is 4.50. The highest BCUT2D eigenvalue weighted by Gasteiger charge is 2.28. The first-order valence-electron chi connectivity index (χ1n) is 9.15. The Hall–Kier alpha value is -2.70. The summed E-state index contributed by atoms with van der Waals surface area (Å²) in [5.74, 6) is -0.406. The molecule has 0 saturated heterocycles. The van der Waals surface area contributed by atoms with Gasteiger partial charge in [0.2, 0.25) is 13.0 Å². The lowest BCUT2D eigenvalue weighted by Gasteiger charge is -2.25. The van der Waals surface area contributed by atoms with Crippen LogP contribution in [0.2, 0.25) is 0 Å². The van der Waals surface area contributed by atoms with Gasteiger partial charge in [-0.1, -0.05) is 48.5 Å². The summed E-state index contributed by atoms with van der Waals surface area (Å²) in [5, 5.41) is 12.4. The Morgan fingerprint density at radius 1 is 1.00 bits per heavy atom. The fraction of sp³-hybridized carbons (Fsp3) is 0.333. The standard InChI is InChI=1S/C21H24N2O4/c1-3-26-21(27-4-2)23-19-13-9-8-12-17(19)14-20(23)18(15-22(24)25)16-10-6-5-7-11-16/h5-14,18,21H,3-4,15H2,1-2H3. The van der Waals surface area contributed by atoms with E-state index in [4.69, 9.17) is 9.47 Å². The minimum atomic E-state index is -0.632. The van der Waals surface area contributed by atoms with Crippen molar-refractivity contribution >= 4 is 10.9 Å². The molecule has 0 aliphatic heterocycles. The Kier molecular flexibility index (Phi) is 6.21. The number of ether oxygens (including phenoxy) is 2. The van der Waals surface area contributed by atoms with Crippen molar-refractivity contribution in [2.45, 2.75) is 26.2 Å². The van der Waals surface area contributed by atoms with Gasteiger partial charge in [-0.15, -0.1) is 0 Å². The molecule has 6 nitrogen and oxygen atoms in total. The van der Waals surface area contributed by atoms with Crippen molar-refractivity contribution in [1.29, 1.82) is 0 Å². The molecule has 0 radical (unpaired) electrons. The maximum Gasteiger partial charge on any atom is 0.244 e. The summed E-state index contributed by atoms with van der Waals surface area (Å²) in [6.45, 7) is 4.56. The third-order valence-corrected chi connectivity index (χ3v) is 4.50. The fourth-order valence-electron chi connectivity index (χ4n) is 3.39. The van der Waals surface area contributed by atoms with E-state index in [-0.39, 0.29) is 11.5 Å². The number of fused-ring (bicyclic) bond motifs is 1. The molecule has 0 aliphatic carbocycles. The van der Waals surface area contributed by atoms with Crippen LogP contribution < -0.4 is 0 Å². The van der Waals surface area contributed by atoms with E-state index in [0.717, 1.165) is 22.2 Å². The van der Waals surface area contributed by atoms with Gasteiger partial charge < -0.3 is 9.47 Å². The highest BCUT2D eigenvalue weighted by Crippen LogP contribution is 2.34. The van der Waals surface area contributed by atoms with E-state index < -0.39 is 12.3 Å². The zero-order chi connectivity index (χ0) is 19.2. The molecule has 0 N–H and O–H groups in total. The lowest BCUT2D eigenvalue weighted by Crippen LogP contribution is -2.23. The highest BCUT2D eigenvalue weighted by molar-refractivity contribution is 5.81. The van der Waals surface area contributed by atoms with Crippen molar-refractivity contribution in [3.05, 3.63) is 82.0 Å². The van der Waals surface area contributed by atoms with Gasteiger partial charge in [-0.25, -0.2) is 0 Å². The van der Waals surface area contributed by atoms with Gasteiger partial charge in [-0.2, -0.15) is 0 Å². The molecule has 0 aliphatic rings. The number of nitro groups is 1. The molecule has 1 unspecified atom stereocenters. The van der Waals surface area contributed by atoms with Gasteiger partial charge in [0, 0.05) is 29.2 Å². The second kappa shape index (κ2) is 8.79. The van der Waals surface area contributed by atoms with Crippen LogP contribution in [0, 0.1) is 10.1 Å². The number of benzene rings is 2. The average molecular weight is 368 g/mol.